The van der Waals surface area contributed by atoms with E-state index in [1.54, 1.807) is 0 Å². The van der Waals surface area contributed by atoms with Crippen molar-refractivity contribution in [1.82, 2.24) is 4.90 Å². The summed E-state index contributed by atoms with van der Waals surface area (Å²) in [5.74, 6) is -9.25. The predicted octanol–water partition coefficient (Wildman–Crippen LogP) is 2.20. The van der Waals surface area contributed by atoms with Crippen LogP contribution in [0.3, 0.4) is 0 Å². The molecule has 0 bridgehead atoms. The van der Waals surface area contributed by atoms with Crippen molar-refractivity contribution in [1.29, 1.82) is 0 Å². The molecular formula is C14H12F3NO4. The molecule has 0 spiro atoms. The van der Waals surface area contributed by atoms with Gasteiger partial charge in [-0.25, -0.2) is 18.0 Å². The molecule has 2 amide bonds. The number of hydrogen-bond acceptors (Lipinski definition) is 3. The number of imide groups is 1. The fourth-order valence-electron chi connectivity index (χ4n) is 2.42. The summed E-state index contributed by atoms with van der Waals surface area (Å²) in [6.07, 6.45) is 0. The standard InChI is InChI=1S/C14H12F3NO4/c1-14(2,3)10(13(21)22)18-11(19)5-4-6(15)8(16)9(17)7(5)12(18)20/h4,10H,1-3H3,(H,21,22)/t10-/m1/s1. The summed E-state index contributed by atoms with van der Waals surface area (Å²) >= 11 is 0. The third-order valence-corrected chi connectivity index (χ3v) is 3.36. The molecule has 0 saturated carbocycles. The zero-order valence-electron chi connectivity index (χ0n) is 11.9. The number of fused-ring (bicyclic) bond motifs is 1. The SMILES string of the molecule is CC(C)(C)[C@@H](C(=O)O)N1C(=O)c2cc(F)c(F)c(F)c2C1=O. The number of aliphatic carboxylic acids is 1. The van der Waals surface area contributed by atoms with E-state index in [0.717, 1.165) is 0 Å². The maximum atomic E-state index is 13.8. The van der Waals surface area contributed by atoms with Crippen LogP contribution in [0.25, 0.3) is 0 Å². The van der Waals surface area contributed by atoms with Crippen molar-refractivity contribution >= 4 is 17.8 Å². The maximum Gasteiger partial charge on any atom is 0.327 e. The summed E-state index contributed by atoms with van der Waals surface area (Å²) < 4.78 is 40.3. The molecule has 0 fully saturated rings. The molecule has 5 nitrogen and oxygen atoms in total. The van der Waals surface area contributed by atoms with Crippen molar-refractivity contribution < 1.29 is 32.7 Å². The van der Waals surface area contributed by atoms with E-state index in [1.165, 1.54) is 20.8 Å². The Balaban J connectivity index is 2.66. The average molecular weight is 315 g/mol. The zero-order valence-corrected chi connectivity index (χ0v) is 11.9. The minimum absolute atomic E-state index is 0.328. The van der Waals surface area contributed by atoms with E-state index in [2.05, 4.69) is 0 Å². The van der Waals surface area contributed by atoms with Crippen LogP contribution >= 0.6 is 0 Å². The van der Waals surface area contributed by atoms with Crippen LogP contribution in [0.2, 0.25) is 0 Å². The molecular weight excluding hydrogens is 303 g/mol. The third kappa shape index (κ3) is 2.15. The smallest absolute Gasteiger partial charge is 0.327 e. The minimum atomic E-state index is -1.88. The monoisotopic (exact) mass is 315 g/mol. The van der Waals surface area contributed by atoms with E-state index in [-0.39, 0.29) is 0 Å². The lowest BCUT2D eigenvalue weighted by Gasteiger charge is -2.33. The molecule has 1 aliphatic rings. The van der Waals surface area contributed by atoms with E-state index in [4.69, 9.17) is 0 Å². The van der Waals surface area contributed by atoms with Crippen LogP contribution in [0.1, 0.15) is 41.5 Å². The maximum absolute atomic E-state index is 13.8. The molecule has 118 valence electrons. The second-order valence-electron chi connectivity index (χ2n) is 6.00. The molecule has 1 aliphatic heterocycles. The summed E-state index contributed by atoms with van der Waals surface area (Å²) in [6.45, 7) is 4.40. The van der Waals surface area contributed by atoms with Crippen molar-refractivity contribution in [2.75, 3.05) is 0 Å². The highest BCUT2D eigenvalue weighted by Gasteiger charge is 2.49. The lowest BCUT2D eigenvalue weighted by molar-refractivity contribution is -0.145. The lowest BCUT2D eigenvalue weighted by Crippen LogP contribution is -2.52. The van der Waals surface area contributed by atoms with Gasteiger partial charge in [0, 0.05) is 0 Å². The number of halogens is 3. The van der Waals surface area contributed by atoms with Gasteiger partial charge in [0.2, 0.25) is 0 Å². The third-order valence-electron chi connectivity index (χ3n) is 3.36. The Morgan fingerprint density at radius 3 is 2.14 bits per heavy atom. The second-order valence-corrected chi connectivity index (χ2v) is 6.00. The molecule has 0 unspecified atom stereocenters. The molecule has 0 aromatic heterocycles. The van der Waals surface area contributed by atoms with Gasteiger partial charge >= 0.3 is 5.97 Å². The predicted molar refractivity (Wildman–Crippen MR) is 67.7 cm³/mol. The number of nitrogens with zero attached hydrogens (tertiary/aromatic N) is 1. The van der Waals surface area contributed by atoms with Crippen LogP contribution in [-0.2, 0) is 4.79 Å². The number of rotatable bonds is 2. The molecule has 1 aromatic rings. The number of carbonyl (C=O) groups excluding carboxylic acids is 2. The minimum Gasteiger partial charge on any atom is -0.480 e. The fourth-order valence-corrected chi connectivity index (χ4v) is 2.42. The molecule has 0 aliphatic carbocycles. The molecule has 22 heavy (non-hydrogen) atoms. The first kappa shape index (κ1) is 16.0. The van der Waals surface area contributed by atoms with Crippen LogP contribution in [0.4, 0.5) is 13.2 Å². The highest BCUT2D eigenvalue weighted by molar-refractivity contribution is 6.22. The lowest BCUT2D eigenvalue weighted by atomic mass is 9.85. The number of benzene rings is 1. The Hall–Kier alpha value is -2.38. The van der Waals surface area contributed by atoms with Crippen LogP contribution in [0.5, 0.6) is 0 Å². The van der Waals surface area contributed by atoms with Crippen LogP contribution in [0, 0.1) is 22.9 Å². The van der Waals surface area contributed by atoms with E-state index < -0.39 is 57.8 Å². The Bertz CT molecular complexity index is 709. The summed E-state index contributed by atoms with van der Waals surface area (Å²) in [5, 5.41) is 9.27. The second kappa shape index (κ2) is 4.82. The first-order valence-corrected chi connectivity index (χ1v) is 6.26. The molecule has 1 N–H and O–H groups in total. The van der Waals surface area contributed by atoms with Gasteiger partial charge in [-0.15, -0.1) is 0 Å². The highest BCUT2D eigenvalue weighted by atomic mass is 19.2. The van der Waals surface area contributed by atoms with E-state index in [9.17, 15) is 32.7 Å². The van der Waals surface area contributed by atoms with Gasteiger partial charge in [0.15, 0.2) is 17.5 Å². The first-order chi connectivity index (χ1) is 9.98. The fraction of sp³-hybridized carbons (Fsp3) is 0.357. The molecule has 1 heterocycles. The number of carboxylic acid groups (broad SMARTS) is 1. The molecule has 1 atom stereocenters. The van der Waals surface area contributed by atoms with Crippen molar-refractivity contribution in [3.8, 4) is 0 Å². The van der Waals surface area contributed by atoms with Crippen molar-refractivity contribution in [2.45, 2.75) is 26.8 Å². The van der Waals surface area contributed by atoms with Crippen LogP contribution in [0.15, 0.2) is 6.07 Å². The number of carboxylic acids is 1. The Labute approximate surface area is 123 Å². The van der Waals surface area contributed by atoms with E-state index >= 15 is 0 Å². The number of amides is 2. The number of carbonyl (C=O) groups is 3. The normalized spacial score (nSPS) is 16.0. The Morgan fingerprint density at radius 2 is 1.68 bits per heavy atom. The van der Waals surface area contributed by atoms with Gasteiger partial charge in [0.05, 0.1) is 11.1 Å². The molecule has 0 saturated heterocycles. The van der Waals surface area contributed by atoms with Crippen LogP contribution in [-0.4, -0.2) is 33.8 Å². The van der Waals surface area contributed by atoms with Gasteiger partial charge in [-0.1, -0.05) is 20.8 Å². The van der Waals surface area contributed by atoms with Crippen LogP contribution < -0.4 is 0 Å². The van der Waals surface area contributed by atoms with E-state index in [1.807, 2.05) is 0 Å². The number of hydrogen-bond donors (Lipinski definition) is 1. The molecule has 1 aromatic carbocycles. The van der Waals surface area contributed by atoms with Gasteiger partial charge in [0.1, 0.15) is 6.04 Å². The quantitative estimate of drug-likeness (QED) is 0.670. The van der Waals surface area contributed by atoms with Gasteiger partial charge in [0.25, 0.3) is 11.8 Å². The summed E-state index contributed by atoms with van der Waals surface area (Å²) in [6, 6.07) is -1.21. The topological polar surface area (TPSA) is 74.7 Å². The van der Waals surface area contributed by atoms with Gasteiger partial charge < -0.3 is 5.11 Å². The van der Waals surface area contributed by atoms with Crippen molar-refractivity contribution in [3.05, 3.63) is 34.6 Å². The highest BCUT2D eigenvalue weighted by Crippen LogP contribution is 2.34. The summed E-state index contributed by atoms with van der Waals surface area (Å²) in [4.78, 5) is 36.1. The Kier molecular flexibility index (Phi) is 3.51. The van der Waals surface area contributed by atoms with Crippen molar-refractivity contribution in [2.24, 2.45) is 5.41 Å². The Morgan fingerprint density at radius 1 is 1.14 bits per heavy atom. The molecule has 0 radical (unpaired) electrons. The van der Waals surface area contributed by atoms with Crippen molar-refractivity contribution in [3.63, 3.8) is 0 Å². The van der Waals surface area contributed by atoms with Gasteiger partial charge in [-0.05, 0) is 11.5 Å². The molecule has 8 heteroatoms. The summed E-state index contributed by atoms with van der Waals surface area (Å²) in [7, 11) is 0. The van der Waals surface area contributed by atoms with Gasteiger partial charge in [-0.3, -0.25) is 14.5 Å². The zero-order chi connectivity index (χ0) is 17.0. The first-order valence-electron chi connectivity index (χ1n) is 6.26. The average Bonchev–Trinajstić information content (AvgIpc) is 2.59. The largest absolute Gasteiger partial charge is 0.480 e. The summed E-state index contributed by atoms with van der Waals surface area (Å²) in [5.41, 5.74) is -2.69. The molecule has 2 rings (SSSR count). The van der Waals surface area contributed by atoms with Gasteiger partial charge in [-0.2, -0.15) is 0 Å². The van der Waals surface area contributed by atoms with E-state index in [0.29, 0.717) is 11.0 Å².